The number of carboxylic acid groups (broad SMARTS) is 2. The predicted octanol–water partition coefficient (Wildman–Crippen LogP) is 1.84. The molecule has 11 heteroatoms. The van der Waals surface area contributed by atoms with Crippen molar-refractivity contribution >= 4 is 29.2 Å². The van der Waals surface area contributed by atoms with Crippen LogP contribution in [0.2, 0.25) is 0 Å². The molecule has 2 saturated heterocycles. The highest BCUT2D eigenvalue weighted by molar-refractivity contribution is 7.11. The van der Waals surface area contributed by atoms with E-state index in [2.05, 4.69) is 14.9 Å². The lowest BCUT2D eigenvalue weighted by Crippen LogP contribution is -2.50. The summed E-state index contributed by atoms with van der Waals surface area (Å²) >= 11 is 1.56. The van der Waals surface area contributed by atoms with Crippen molar-refractivity contribution in [1.29, 1.82) is 0 Å². The quantitative estimate of drug-likeness (QED) is 0.653. The summed E-state index contributed by atoms with van der Waals surface area (Å²) in [7, 11) is 0. The van der Waals surface area contributed by atoms with Crippen molar-refractivity contribution in [3.8, 4) is 5.19 Å². The van der Waals surface area contributed by atoms with Crippen LogP contribution in [0.15, 0.2) is 36.1 Å². The molecule has 0 aromatic carbocycles. The van der Waals surface area contributed by atoms with E-state index >= 15 is 0 Å². The first-order valence-electron chi connectivity index (χ1n) is 10.4. The third-order valence-electron chi connectivity index (χ3n) is 5.51. The first kappa shape index (κ1) is 23.6. The predicted molar refractivity (Wildman–Crippen MR) is 116 cm³/mol. The summed E-state index contributed by atoms with van der Waals surface area (Å²) in [5.41, 5.74) is 0.686. The highest BCUT2D eigenvalue weighted by atomic mass is 32.1. The van der Waals surface area contributed by atoms with Gasteiger partial charge in [-0.05, 0) is 37.8 Å². The van der Waals surface area contributed by atoms with Gasteiger partial charge in [-0.15, -0.1) is 0 Å². The minimum Gasteiger partial charge on any atom is -0.473 e. The van der Waals surface area contributed by atoms with Crippen molar-refractivity contribution < 1.29 is 29.3 Å². The summed E-state index contributed by atoms with van der Waals surface area (Å²) in [6.45, 7) is 3.79. The Kier molecular flexibility index (Phi) is 8.51. The zero-order valence-electron chi connectivity index (χ0n) is 17.5. The molecular formula is C21H26N4O6S. The van der Waals surface area contributed by atoms with Crippen LogP contribution in [-0.4, -0.2) is 86.2 Å². The van der Waals surface area contributed by atoms with Crippen LogP contribution in [0.4, 0.5) is 0 Å². The van der Waals surface area contributed by atoms with Gasteiger partial charge in [-0.25, -0.2) is 14.6 Å². The van der Waals surface area contributed by atoms with E-state index in [1.165, 1.54) is 0 Å². The lowest BCUT2D eigenvalue weighted by atomic mass is 9.98. The zero-order valence-corrected chi connectivity index (χ0v) is 18.3. The molecule has 0 spiro atoms. The van der Waals surface area contributed by atoms with Crippen molar-refractivity contribution in [3.05, 3.63) is 41.7 Å². The molecule has 2 aromatic heterocycles. The molecule has 4 heterocycles. The summed E-state index contributed by atoms with van der Waals surface area (Å²) in [4.78, 5) is 43.5. The number of hydrogen-bond acceptors (Lipinski definition) is 8. The number of thiazole rings is 1. The minimum atomic E-state index is -1.82. The number of rotatable bonds is 4. The van der Waals surface area contributed by atoms with Crippen LogP contribution >= 0.6 is 11.3 Å². The van der Waals surface area contributed by atoms with Crippen LogP contribution in [0.5, 0.6) is 5.19 Å². The lowest BCUT2D eigenvalue weighted by Gasteiger charge is -2.41. The van der Waals surface area contributed by atoms with Gasteiger partial charge in [0.1, 0.15) is 6.10 Å². The maximum absolute atomic E-state index is 12.5. The molecule has 0 saturated carbocycles. The number of ether oxygens (including phenoxy) is 1. The molecule has 0 aliphatic carbocycles. The van der Waals surface area contributed by atoms with Gasteiger partial charge in [0.2, 0.25) is 0 Å². The fourth-order valence-electron chi connectivity index (χ4n) is 3.88. The molecule has 2 aliphatic rings. The van der Waals surface area contributed by atoms with Crippen LogP contribution in [0, 0.1) is 0 Å². The summed E-state index contributed by atoms with van der Waals surface area (Å²) in [5.74, 6) is -3.54. The topological polar surface area (TPSA) is 133 Å². The van der Waals surface area contributed by atoms with Gasteiger partial charge in [-0.3, -0.25) is 14.7 Å². The van der Waals surface area contributed by atoms with E-state index in [4.69, 9.17) is 24.5 Å². The second kappa shape index (κ2) is 11.5. The average Bonchev–Trinajstić information content (AvgIpc) is 3.33. The number of aromatic nitrogens is 2. The molecule has 0 radical (unpaired) electrons. The van der Waals surface area contributed by atoms with E-state index in [-0.39, 0.29) is 12.0 Å². The van der Waals surface area contributed by atoms with Gasteiger partial charge in [-0.1, -0.05) is 11.3 Å². The normalized spacial score (nSPS) is 17.8. The molecule has 4 rings (SSSR count). The Hall–Kier alpha value is -3.05. The Labute approximate surface area is 189 Å². The van der Waals surface area contributed by atoms with Crippen LogP contribution in [-0.2, 0) is 9.59 Å². The monoisotopic (exact) mass is 462 g/mol. The summed E-state index contributed by atoms with van der Waals surface area (Å²) in [5, 5.41) is 17.5. The molecule has 10 nitrogen and oxygen atoms in total. The van der Waals surface area contributed by atoms with E-state index in [1.54, 1.807) is 29.9 Å². The van der Waals surface area contributed by atoms with Crippen molar-refractivity contribution in [2.24, 2.45) is 0 Å². The number of likely N-dealkylation sites (tertiary alicyclic amines) is 2. The Bertz CT molecular complexity index is 867. The van der Waals surface area contributed by atoms with E-state index in [0.29, 0.717) is 11.6 Å². The van der Waals surface area contributed by atoms with E-state index < -0.39 is 11.9 Å². The van der Waals surface area contributed by atoms with Crippen LogP contribution in [0.1, 0.15) is 36.0 Å². The fourth-order valence-corrected chi connectivity index (χ4v) is 4.43. The lowest BCUT2D eigenvalue weighted by molar-refractivity contribution is -0.159. The largest absolute Gasteiger partial charge is 0.473 e. The van der Waals surface area contributed by atoms with Gasteiger partial charge >= 0.3 is 11.9 Å². The number of carboxylic acids is 2. The van der Waals surface area contributed by atoms with Gasteiger partial charge in [-0.2, -0.15) is 0 Å². The Balaban J connectivity index is 0.000000427. The van der Waals surface area contributed by atoms with Crippen molar-refractivity contribution in [2.75, 3.05) is 26.2 Å². The second-order valence-corrected chi connectivity index (χ2v) is 8.38. The SMILES string of the molecule is O=C(O)C(=O)O.O=C(c1cccnc1)N1CCC(N2CCC(Oc3nccs3)CC2)CC1. The van der Waals surface area contributed by atoms with E-state index in [1.807, 2.05) is 22.4 Å². The van der Waals surface area contributed by atoms with Crippen LogP contribution in [0.25, 0.3) is 0 Å². The molecule has 0 atom stereocenters. The second-order valence-electron chi connectivity index (χ2n) is 7.53. The van der Waals surface area contributed by atoms with Gasteiger partial charge in [0.05, 0.1) is 5.56 Å². The van der Waals surface area contributed by atoms with E-state index in [0.717, 1.165) is 57.1 Å². The molecule has 2 aromatic rings. The highest BCUT2D eigenvalue weighted by Gasteiger charge is 2.30. The Morgan fingerprint density at radius 2 is 1.69 bits per heavy atom. The number of piperidine rings is 2. The smallest absolute Gasteiger partial charge is 0.414 e. The average molecular weight is 463 g/mol. The maximum Gasteiger partial charge on any atom is 0.414 e. The number of carbonyl (C=O) groups is 3. The van der Waals surface area contributed by atoms with Crippen LogP contribution < -0.4 is 4.74 Å². The molecule has 32 heavy (non-hydrogen) atoms. The molecular weight excluding hydrogens is 436 g/mol. The Morgan fingerprint density at radius 3 is 2.22 bits per heavy atom. The molecule has 1 amide bonds. The number of amides is 1. The number of pyridine rings is 1. The minimum absolute atomic E-state index is 0.104. The van der Waals surface area contributed by atoms with Gasteiger partial charge in [0.15, 0.2) is 0 Å². The van der Waals surface area contributed by atoms with Crippen molar-refractivity contribution in [3.63, 3.8) is 0 Å². The number of aliphatic carboxylic acids is 2. The Morgan fingerprint density at radius 1 is 1.00 bits per heavy atom. The van der Waals surface area contributed by atoms with E-state index in [9.17, 15) is 4.79 Å². The highest BCUT2D eigenvalue weighted by Crippen LogP contribution is 2.25. The number of hydrogen-bond donors (Lipinski definition) is 2. The fraction of sp³-hybridized carbons (Fsp3) is 0.476. The maximum atomic E-state index is 12.5. The molecule has 2 fully saturated rings. The van der Waals surface area contributed by atoms with Crippen molar-refractivity contribution in [1.82, 2.24) is 19.8 Å². The first-order valence-corrected chi connectivity index (χ1v) is 11.3. The third kappa shape index (κ3) is 6.72. The molecule has 172 valence electrons. The summed E-state index contributed by atoms with van der Waals surface area (Å²) < 4.78 is 5.95. The third-order valence-corrected chi connectivity index (χ3v) is 6.17. The van der Waals surface area contributed by atoms with Gasteiger partial charge in [0, 0.05) is 56.2 Å². The van der Waals surface area contributed by atoms with Gasteiger partial charge in [0.25, 0.3) is 11.1 Å². The molecule has 2 aliphatic heterocycles. The molecule has 0 bridgehead atoms. The van der Waals surface area contributed by atoms with Crippen LogP contribution in [0.3, 0.4) is 0 Å². The summed E-state index contributed by atoms with van der Waals surface area (Å²) in [6.07, 6.45) is 9.61. The number of carbonyl (C=O) groups excluding carboxylic acids is 1. The molecule has 2 N–H and O–H groups in total. The van der Waals surface area contributed by atoms with Gasteiger partial charge < -0.3 is 19.8 Å². The molecule has 0 unspecified atom stereocenters. The summed E-state index contributed by atoms with van der Waals surface area (Å²) in [6, 6.07) is 4.24. The van der Waals surface area contributed by atoms with Crippen molar-refractivity contribution in [2.45, 2.75) is 37.8 Å². The zero-order chi connectivity index (χ0) is 22.9. The first-order chi connectivity index (χ1) is 15.4. The number of nitrogens with zero attached hydrogens (tertiary/aromatic N) is 4. The standard InChI is InChI=1S/C19H24N4O2S.C2H2O4/c24-18(15-2-1-7-20-14-15)23-9-3-16(4-10-23)22-11-5-17(6-12-22)25-19-21-8-13-26-19;3-1(4)2(5)6/h1-2,7-8,13-14,16-17H,3-6,9-12H2;(H,3,4)(H,5,6).